The summed E-state index contributed by atoms with van der Waals surface area (Å²) in [6, 6.07) is 12.2. The molecule has 0 fully saturated rings. The van der Waals surface area contributed by atoms with Crippen LogP contribution in [0.4, 0.5) is 5.69 Å². The molecule has 0 atom stereocenters. The summed E-state index contributed by atoms with van der Waals surface area (Å²) in [6.45, 7) is 1.41. The zero-order chi connectivity index (χ0) is 16.1. The van der Waals surface area contributed by atoms with Gasteiger partial charge < -0.3 is 9.84 Å². The molecule has 3 N–H and O–H groups in total. The Labute approximate surface area is 129 Å². The Balaban J connectivity index is 2.27. The zero-order valence-corrected chi connectivity index (χ0v) is 12.5. The Kier molecular flexibility index (Phi) is 4.80. The number of hydrazine groups is 1. The Bertz CT molecular complexity index is 711. The average Bonchev–Trinajstić information content (AvgIpc) is 2.53. The van der Waals surface area contributed by atoms with Crippen LogP contribution >= 0.6 is 0 Å². The topological polar surface area (TPSA) is 75.8 Å². The van der Waals surface area contributed by atoms with Crippen LogP contribution in [0.2, 0.25) is 0 Å². The molecule has 0 aromatic heterocycles. The van der Waals surface area contributed by atoms with Crippen LogP contribution < -0.4 is 15.6 Å². The van der Waals surface area contributed by atoms with Crippen LogP contribution in [0.25, 0.3) is 12.2 Å². The van der Waals surface area contributed by atoms with E-state index in [4.69, 9.17) is 10.6 Å². The number of rotatable bonds is 4. The first-order chi connectivity index (χ1) is 10.5. The van der Waals surface area contributed by atoms with Gasteiger partial charge in [0.2, 0.25) is 5.91 Å². The van der Waals surface area contributed by atoms with Gasteiger partial charge in [-0.1, -0.05) is 24.3 Å². The maximum absolute atomic E-state index is 11.3. The van der Waals surface area contributed by atoms with E-state index < -0.39 is 0 Å². The molecule has 0 heterocycles. The SMILES string of the molecule is COc1cc(O)ccc1/C=C/c1cccc(N(N)C(C)=O)c1. The molecule has 5 heteroatoms. The van der Waals surface area contributed by atoms with Crippen LogP contribution in [0.5, 0.6) is 11.5 Å². The second-order valence-corrected chi connectivity index (χ2v) is 4.74. The molecule has 0 unspecified atom stereocenters. The summed E-state index contributed by atoms with van der Waals surface area (Å²) in [5.41, 5.74) is 2.35. The van der Waals surface area contributed by atoms with Gasteiger partial charge in [-0.2, -0.15) is 0 Å². The lowest BCUT2D eigenvalue weighted by molar-refractivity contribution is -0.116. The van der Waals surface area contributed by atoms with Gasteiger partial charge in [0.15, 0.2) is 0 Å². The second-order valence-electron chi connectivity index (χ2n) is 4.74. The number of ether oxygens (including phenoxy) is 1. The molecule has 0 saturated carbocycles. The molecular formula is C17H18N2O3. The predicted octanol–water partition coefficient (Wildman–Crippen LogP) is 2.80. The highest BCUT2D eigenvalue weighted by Gasteiger charge is 2.06. The van der Waals surface area contributed by atoms with Gasteiger partial charge in [-0.3, -0.25) is 4.79 Å². The summed E-state index contributed by atoms with van der Waals surface area (Å²) in [5.74, 6) is 6.18. The van der Waals surface area contributed by atoms with Crippen LogP contribution in [0.3, 0.4) is 0 Å². The van der Waals surface area contributed by atoms with Crippen molar-refractivity contribution in [2.24, 2.45) is 5.84 Å². The van der Waals surface area contributed by atoms with Crippen molar-refractivity contribution in [3.8, 4) is 11.5 Å². The molecule has 0 radical (unpaired) electrons. The van der Waals surface area contributed by atoms with Crippen LogP contribution in [0.1, 0.15) is 18.1 Å². The number of phenols is 1. The van der Waals surface area contributed by atoms with E-state index in [0.29, 0.717) is 11.4 Å². The average molecular weight is 298 g/mol. The van der Waals surface area contributed by atoms with Crippen molar-refractivity contribution >= 4 is 23.7 Å². The minimum atomic E-state index is -0.235. The molecule has 0 saturated heterocycles. The fraction of sp³-hybridized carbons (Fsp3) is 0.118. The van der Waals surface area contributed by atoms with E-state index in [1.807, 2.05) is 30.4 Å². The molecule has 1 amide bonds. The normalized spacial score (nSPS) is 10.7. The molecule has 0 spiro atoms. The standard InChI is InChI=1S/C17H18N2O3/c1-12(20)19(18)15-5-3-4-13(10-15)6-7-14-8-9-16(21)11-17(14)22-2/h3-11,21H,18H2,1-2H3/b7-6+. The van der Waals surface area contributed by atoms with Crippen LogP contribution in [-0.4, -0.2) is 18.1 Å². The van der Waals surface area contributed by atoms with Crippen molar-refractivity contribution in [3.05, 3.63) is 53.6 Å². The number of hydrogen-bond acceptors (Lipinski definition) is 4. The Morgan fingerprint density at radius 2 is 2.00 bits per heavy atom. The van der Waals surface area contributed by atoms with Gasteiger partial charge in [0.1, 0.15) is 11.5 Å². The molecule has 0 aliphatic rings. The fourth-order valence-electron chi connectivity index (χ4n) is 1.98. The summed E-state index contributed by atoms with van der Waals surface area (Å²) < 4.78 is 5.22. The lowest BCUT2D eigenvalue weighted by Gasteiger charge is -2.14. The smallest absolute Gasteiger partial charge is 0.238 e. The van der Waals surface area contributed by atoms with Gasteiger partial charge >= 0.3 is 0 Å². The number of aromatic hydroxyl groups is 1. The summed E-state index contributed by atoms with van der Waals surface area (Å²) in [5, 5.41) is 10.5. The highest BCUT2D eigenvalue weighted by atomic mass is 16.5. The third-order valence-electron chi connectivity index (χ3n) is 3.16. The van der Waals surface area contributed by atoms with Crippen LogP contribution in [-0.2, 0) is 4.79 Å². The van der Waals surface area contributed by atoms with E-state index in [1.54, 1.807) is 31.4 Å². The van der Waals surface area contributed by atoms with E-state index in [0.717, 1.165) is 16.1 Å². The highest BCUT2D eigenvalue weighted by molar-refractivity contribution is 5.90. The molecule has 2 rings (SSSR count). The zero-order valence-electron chi connectivity index (χ0n) is 12.5. The molecule has 2 aromatic rings. The lowest BCUT2D eigenvalue weighted by Crippen LogP contribution is -2.35. The predicted molar refractivity (Wildman–Crippen MR) is 87.4 cm³/mol. The van der Waals surface area contributed by atoms with E-state index in [-0.39, 0.29) is 11.7 Å². The van der Waals surface area contributed by atoms with E-state index in [1.165, 1.54) is 6.92 Å². The van der Waals surface area contributed by atoms with E-state index in [2.05, 4.69) is 0 Å². The Morgan fingerprint density at radius 3 is 2.68 bits per heavy atom. The first-order valence-corrected chi connectivity index (χ1v) is 6.72. The van der Waals surface area contributed by atoms with Crippen molar-refractivity contribution in [1.82, 2.24) is 0 Å². The molecule has 0 bridgehead atoms. The van der Waals surface area contributed by atoms with Gasteiger partial charge in [0.25, 0.3) is 0 Å². The number of carbonyl (C=O) groups excluding carboxylic acids is 1. The maximum Gasteiger partial charge on any atom is 0.238 e. The van der Waals surface area contributed by atoms with Crippen molar-refractivity contribution in [2.75, 3.05) is 12.1 Å². The minimum Gasteiger partial charge on any atom is -0.508 e. The number of phenolic OH excluding ortho intramolecular Hbond substituents is 1. The summed E-state index contributed by atoms with van der Waals surface area (Å²) >= 11 is 0. The van der Waals surface area contributed by atoms with Crippen LogP contribution in [0, 0.1) is 0 Å². The maximum atomic E-state index is 11.3. The first kappa shape index (κ1) is 15.6. The number of carbonyl (C=O) groups is 1. The fourth-order valence-corrected chi connectivity index (χ4v) is 1.98. The summed E-state index contributed by atoms with van der Waals surface area (Å²) in [4.78, 5) is 11.3. The van der Waals surface area contributed by atoms with Crippen molar-refractivity contribution in [2.45, 2.75) is 6.92 Å². The lowest BCUT2D eigenvalue weighted by atomic mass is 10.1. The number of methoxy groups -OCH3 is 1. The third kappa shape index (κ3) is 3.65. The molecule has 2 aromatic carbocycles. The second kappa shape index (κ2) is 6.78. The number of anilines is 1. The van der Waals surface area contributed by atoms with E-state index in [9.17, 15) is 9.90 Å². The molecule has 114 valence electrons. The third-order valence-corrected chi connectivity index (χ3v) is 3.16. The number of nitrogens with two attached hydrogens (primary N) is 1. The quantitative estimate of drug-likeness (QED) is 0.394. The van der Waals surface area contributed by atoms with Gasteiger partial charge in [0, 0.05) is 18.6 Å². The monoisotopic (exact) mass is 298 g/mol. The molecule has 22 heavy (non-hydrogen) atoms. The molecule has 0 aliphatic heterocycles. The highest BCUT2D eigenvalue weighted by Crippen LogP contribution is 2.26. The summed E-state index contributed by atoms with van der Waals surface area (Å²) in [6.07, 6.45) is 3.75. The van der Waals surface area contributed by atoms with Crippen molar-refractivity contribution in [3.63, 3.8) is 0 Å². The number of amides is 1. The molecule has 0 aliphatic carbocycles. The molecule has 5 nitrogen and oxygen atoms in total. The number of nitrogens with zero attached hydrogens (tertiary/aromatic N) is 1. The largest absolute Gasteiger partial charge is 0.508 e. The van der Waals surface area contributed by atoms with Crippen molar-refractivity contribution < 1.29 is 14.6 Å². The van der Waals surface area contributed by atoms with Gasteiger partial charge in [-0.25, -0.2) is 10.9 Å². The van der Waals surface area contributed by atoms with Crippen LogP contribution in [0.15, 0.2) is 42.5 Å². The van der Waals surface area contributed by atoms with Gasteiger partial charge in [0.05, 0.1) is 12.8 Å². The van der Waals surface area contributed by atoms with Gasteiger partial charge in [-0.05, 0) is 29.8 Å². The number of benzene rings is 2. The van der Waals surface area contributed by atoms with Gasteiger partial charge in [-0.15, -0.1) is 0 Å². The van der Waals surface area contributed by atoms with Crippen molar-refractivity contribution in [1.29, 1.82) is 0 Å². The first-order valence-electron chi connectivity index (χ1n) is 6.72. The summed E-state index contributed by atoms with van der Waals surface area (Å²) in [7, 11) is 1.55. The van der Waals surface area contributed by atoms with E-state index >= 15 is 0 Å². The number of hydrogen-bond donors (Lipinski definition) is 2. The Morgan fingerprint density at radius 1 is 1.23 bits per heavy atom. The minimum absolute atomic E-state index is 0.149. The Hall–Kier alpha value is -2.79. The molecular weight excluding hydrogens is 280 g/mol.